The number of amides is 2. The molecule has 1 fully saturated rings. The van der Waals surface area contributed by atoms with Crippen molar-refractivity contribution in [2.45, 2.75) is 71.7 Å². The first-order valence-electron chi connectivity index (χ1n) is 15.3. The number of piperazine rings is 1. The molecule has 11 nitrogen and oxygen atoms in total. The van der Waals surface area contributed by atoms with Crippen LogP contribution in [0, 0.1) is 0 Å². The van der Waals surface area contributed by atoms with Crippen molar-refractivity contribution in [2.24, 2.45) is 0 Å². The Bertz CT molecular complexity index is 1720. The van der Waals surface area contributed by atoms with E-state index in [9.17, 15) is 14.7 Å². The highest BCUT2D eigenvalue weighted by Gasteiger charge is 2.39. The number of aromatic nitrogens is 4. The number of imidazole rings is 1. The first kappa shape index (κ1) is 29.7. The zero-order chi connectivity index (χ0) is 31.3. The molecule has 0 unspecified atom stereocenters. The molecule has 2 aromatic carbocycles. The van der Waals surface area contributed by atoms with Gasteiger partial charge in [-0.05, 0) is 82.1 Å². The Labute approximate surface area is 257 Å². The van der Waals surface area contributed by atoms with E-state index in [1.54, 1.807) is 11.0 Å². The summed E-state index contributed by atoms with van der Waals surface area (Å²) in [4.78, 5) is 40.4. The van der Waals surface area contributed by atoms with E-state index < -0.39 is 5.60 Å². The number of hydrogen-bond acceptors (Lipinski definition) is 7. The van der Waals surface area contributed by atoms with Gasteiger partial charge in [-0.1, -0.05) is 19.1 Å². The molecule has 2 aliphatic rings. The molecule has 2 aliphatic heterocycles. The Morgan fingerprint density at radius 3 is 2.66 bits per heavy atom. The molecule has 44 heavy (non-hydrogen) atoms. The van der Waals surface area contributed by atoms with E-state index in [4.69, 9.17) is 9.72 Å². The number of carbonyl (C=O) groups excluding carboxylic acids is 2. The molecule has 232 valence electrons. The second kappa shape index (κ2) is 11.3. The van der Waals surface area contributed by atoms with E-state index in [2.05, 4.69) is 39.1 Å². The van der Waals surface area contributed by atoms with Gasteiger partial charge in [-0.3, -0.25) is 14.8 Å². The van der Waals surface area contributed by atoms with Gasteiger partial charge in [-0.25, -0.2) is 9.78 Å². The van der Waals surface area contributed by atoms with Gasteiger partial charge < -0.3 is 24.6 Å². The van der Waals surface area contributed by atoms with Gasteiger partial charge in [0.05, 0.1) is 22.9 Å². The van der Waals surface area contributed by atoms with Gasteiger partial charge in [0.1, 0.15) is 17.0 Å². The average Bonchev–Trinajstić information content (AvgIpc) is 3.58. The van der Waals surface area contributed by atoms with Gasteiger partial charge >= 0.3 is 6.09 Å². The number of H-pyrrole nitrogens is 2. The van der Waals surface area contributed by atoms with Crippen LogP contribution in [0.5, 0.6) is 5.75 Å². The topological polar surface area (TPSA) is 131 Å². The number of rotatable bonds is 4. The maximum atomic E-state index is 13.8. The fraction of sp³-hybridized carbons (Fsp3) is 0.455. The average molecular weight is 600 g/mol. The quantitative estimate of drug-likeness (QED) is 0.310. The molecular weight excluding hydrogens is 558 g/mol. The minimum Gasteiger partial charge on any atom is -0.508 e. The molecule has 2 amide bonds. The standard InChI is InChI=1S/C33H41N7O4/c1-7-20-14-22(41)9-11-23(20)21-8-10-24-25(15-21)36-37-29(24)30-34-26-16-28(38(6)18-27(26)35-30)31(42)40-13-12-39(17-19(40)2)32(43)44-33(3,4)5/h8-11,14-15,19,28,41H,7,12-13,16-18H2,1-6H3,(H,34,35)(H,36,37)/t19-,28-/m0/s1. The van der Waals surface area contributed by atoms with Gasteiger partial charge in [0.25, 0.3) is 0 Å². The summed E-state index contributed by atoms with van der Waals surface area (Å²) in [7, 11) is 1.97. The first-order chi connectivity index (χ1) is 20.9. The fourth-order valence-electron chi connectivity index (χ4n) is 6.32. The number of hydrogen-bond donors (Lipinski definition) is 3. The van der Waals surface area contributed by atoms with Crippen LogP contribution < -0.4 is 0 Å². The minimum atomic E-state index is -0.560. The first-order valence-corrected chi connectivity index (χ1v) is 15.3. The Balaban J connectivity index is 1.18. The maximum Gasteiger partial charge on any atom is 0.410 e. The molecule has 6 rings (SSSR count). The van der Waals surface area contributed by atoms with Crippen molar-refractivity contribution in [3.8, 4) is 28.4 Å². The Hall–Kier alpha value is -4.38. The molecule has 1 saturated heterocycles. The summed E-state index contributed by atoms with van der Waals surface area (Å²) in [6.45, 7) is 11.5. The summed E-state index contributed by atoms with van der Waals surface area (Å²) in [5.41, 5.74) is 6.14. The second-order valence-electron chi connectivity index (χ2n) is 13.0. The number of aromatic hydroxyl groups is 1. The lowest BCUT2D eigenvalue weighted by molar-refractivity contribution is -0.141. The smallest absolute Gasteiger partial charge is 0.410 e. The van der Waals surface area contributed by atoms with E-state index in [0.29, 0.717) is 38.4 Å². The maximum absolute atomic E-state index is 13.8. The van der Waals surface area contributed by atoms with Crippen LogP contribution in [0.15, 0.2) is 36.4 Å². The lowest BCUT2D eigenvalue weighted by atomic mass is 9.97. The zero-order valence-electron chi connectivity index (χ0n) is 26.3. The lowest BCUT2D eigenvalue weighted by Gasteiger charge is -2.43. The molecule has 0 spiro atoms. The van der Waals surface area contributed by atoms with Crippen LogP contribution >= 0.6 is 0 Å². The predicted octanol–water partition coefficient (Wildman–Crippen LogP) is 4.71. The molecule has 2 atom stereocenters. The van der Waals surface area contributed by atoms with Crippen molar-refractivity contribution < 1.29 is 19.4 Å². The molecule has 3 N–H and O–H groups in total. The number of aromatic amines is 2. The summed E-state index contributed by atoms with van der Waals surface area (Å²) >= 11 is 0. The van der Waals surface area contributed by atoms with E-state index >= 15 is 0 Å². The summed E-state index contributed by atoms with van der Waals surface area (Å²) in [6.07, 6.45) is 0.966. The number of phenolic OH excluding ortho intramolecular Hbond substituents is 1. The largest absolute Gasteiger partial charge is 0.508 e. The van der Waals surface area contributed by atoms with Crippen LogP contribution in [0.4, 0.5) is 4.79 Å². The molecule has 0 radical (unpaired) electrons. The van der Waals surface area contributed by atoms with E-state index in [1.165, 1.54) is 0 Å². The van der Waals surface area contributed by atoms with Crippen LogP contribution in [0.3, 0.4) is 0 Å². The Morgan fingerprint density at radius 2 is 1.93 bits per heavy atom. The molecule has 0 aliphatic carbocycles. The van der Waals surface area contributed by atoms with Crippen molar-refractivity contribution in [2.75, 3.05) is 26.7 Å². The Kier molecular flexibility index (Phi) is 7.61. The van der Waals surface area contributed by atoms with Crippen LogP contribution in [-0.2, 0) is 28.9 Å². The highest BCUT2D eigenvalue weighted by Crippen LogP contribution is 2.33. The van der Waals surface area contributed by atoms with Crippen LogP contribution in [0.25, 0.3) is 33.5 Å². The summed E-state index contributed by atoms with van der Waals surface area (Å²) in [5, 5.41) is 18.6. The van der Waals surface area contributed by atoms with Gasteiger partial charge in [-0.15, -0.1) is 0 Å². The van der Waals surface area contributed by atoms with Gasteiger partial charge in [0, 0.05) is 44.0 Å². The number of phenols is 1. The van der Waals surface area contributed by atoms with Gasteiger partial charge in [0.2, 0.25) is 5.91 Å². The Morgan fingerprint density at radius 1 is 1.14 bits per heavy atom. The van der Waals surface area contributed by atoms with Crippen LogP contribution in [0.2, 0.25) is 0 Å². The number of benzene rings is 2. The molecule has 11 heteroatoms. The summed E-state index contributed by atoms with van der Waals surface area (Å²) in [5.74, 6) is 0.994. The highest BCUT2D eigenvalue weighted by atomic mass is 16.6. The third-order valence-corrected chi connectivity index (χ3v) is 8.61. The number of carbonyl (C=O) groups is 2. The monoisotopic (exact) mass is 599 g/mol. The summed E-state index contributed by atoms with van der Waals surface area (Å²) in [6, 6.07) is 11.2. The molecule has 0 bridgehead atoms. The number of fused-ring (bicyclic) bond motifs is 2. The van der Waals surface area contributed by atoms with Crippen molar-refractivity contribution >= 4 is 22.9 Å². The fourth-order valence-corrected chi connectivity index (χ4v) is 6.32. The molecule has 4 heterocycles. The van der Waals surface area contributed by atoms with E-state index in [0.717, 1.165) is 51.1 Å². The highest BCUT2D eigenvalue weighted by molar-refractivity contribution is 5.94. The van der Waals surface area contributed by atoms with Crippen molar-refractivity contribution in [1.82, 2.24) is 34.9 Å². The number of ether oxygens (including phenoxy) is 1. The van der Waals surface area contributed by atoms with Crippen LogP contribution in [0.1, 0.15) is 51.6 Å². The molecule has 4 aromatic rings. The van der Waals surface area contributed by atoms with E-state index in [1.807, 2.05) is 57.8 Å². The number of aryl methyl sites for hydroxylation is 1. The third kappa shape index (κ3) is 5.63. The molecule has 2 aromatic heterocycles. The zero-order valence-corrected chi connectivity index (χ0v) is 26.3. The summed E-state index contributed by atoms with van der Waals surface area (Å²) < 4.78 is 5.54. The predicted molar refractivity (Wildman–Crippen MR) is 168 cm³/mol. The SMILES string of the molecule is CCc1cc(O)ccc1-c1ccc2c(-c3nc4c([nH]3)CN(C)[C@H](C(=O)N3CCN(C(=O)OC(C)(C)C)C[C@@H]3C)C4)n[nH]c2c1. The number of nitrogens with one attached hydrogen (secondary N) is 2. The van der Waals surface area contributed by atoms with Crippen molar-refractivity contribution in [3.63, 3.8) is 0 Å². The third-order valence-electron chi connectivity index (χ3n) is 8.61. The number of nitrogens with zero attached hydrogens (tertiary/aromatic N) is 5. The van der Waals surface area contributed by atoms with Crippen LogP contribution in [-0.4, -0.2) is 96.3 Å². The molecular formula is C33H41N7O4. The van der Waals surface area contributed by atoms with Crippen molar-refractivity contribution in [3.05, 3.63) is 53.3 Å². The number of likely N-dealkylation sites (N-methyl/N-ethyl adjacent to an activating group) is 1. The van der Waals surface area contributed by atoms with Crippen molar-refractivity contribution in [1.29, 1.82) is 0 Å². The van der Waals surface area contributed by atoms with Gasteiger partial charge in [0.15, 0.2) is 5.82 Å². The lowest BCUT2D eigenvalue weighted by Crippen LogP contribution is -2.60. The second-order valence-corrected chi connectivity index (χ2v) is 13.0. The van der Waals surface area contributed by atoms with E-state index in [-0.39, 0.29) is 29.8 Å². The van der Waals surface area contributed by atoms with Gasteiger partial charge in [-0.2, -0.15) is 5.10 Å². The normalized spacial score (nSPS) is 19.3. The molecule has 0 saturated carbocycles. The minimum absolute atomic E-state index is 0.0532.